The Labute approximate surface area is 42.1 Å². The SMILES string of the molecule is NC1CCC[N+]1=O. The van der Waals surface area contributed by atoms with Crippen LogP contribution >= 0.6 is 0 Å². The van der Waals surface area contributed by atoms with E-state index in [1.165, 1.54) is 0 Å². The maximum atomic E-state index is 10.4. The monoisotopic (exact) mass is 101 g/mol. The summed E-state index contributed by atoms with van der Waals surface area (Å²) >= 11 is 0. The summed E-state index contributed by atoms with van der Waals surface area (Å²) < 4.78 is 0.931. The van der Waals surface area contributed by atoms with Gasteiger partial charge < -0.3 is 0 Å². The zero-order chi connectivity index (χ0) is 5.28. The number of nitrogens with two attached hydrogens (primary N) is 1. The lowest BCUT2D eigenvalue weighted by Crippen LogP contribution is -2.26. The van der Waals surface area contributed by atoms with Crippen molar-refractivity contribution in [3.05, 3.63) is 4.91 Å². The molecule has 1 aliphatic heterocycles. The predicted molar refractivity (Wildman–Crippen MR) is 25.7 cm³/mol. The molecule has 0 saturated carbocycles. The second-order valence-corrected chi connectivity index (χ2v) is 1.85. The first kappa shape index (κ1) is 4.71. The third kappa shape index (κ3) is 0.771. The lowest BCUT2D eigenvalue weighted by atomic mass is 10.3. The van der Waals surface area contributed by atoms with Crippen LogP contribution < -0.4 is 5.73 Å². The summed E-state index contributed by atoms with van der Waals surface area (Å²) in [5, 5.41) is 0. The molecular weight excluding hydrogens is 92.1 g/mol. The van der Waals surface area contributed by atoms with Crippen LogP contribution in [0.4, 0.5) is 0 Å². The van der Waals surface area contributed by atoms with Crippen molar-refractivity contribution in [1.29, 1.82) is 0 Å². The minimum Gasteiger partial charge on any atom is -0.270 e. The van der Waals surface area contributed by atoms with Gasteiger partial charge >= 0.3 is 0 Å². The fourth-order valence-electron chi connectivity index (χ4n) is 0.766. The zero-order valence-electron chi connectivity index (χ0n) is 4.13. The van der Waals surface area contributed by atoms with E-state index < -0.39 is 0 Å². The fourth-order valence-corrected chi connectivity index (χ4v) is 0.766. The quantitative estimate of drug-likeness (QED) is 0.431. The molecule has 0 aromatic heterocycles. The summed E-state index contributed by atoms with van der Waals surface area (Å²) in [5.41, 5.74) is 5.29. The standard InChI is InChI=1S/C4H9N2O/c5-4-2-1-3-6(4)7/h4H,1-3,5H2/q+1. The molecule has 1 atom stereocenters. The van der Waals surface area contributed by atoms with Gasteiger partial charge in [0.1, 0.15) is 0 Å². The van der Waals surface area contributed by atoms with Crippen molar-refractivity contribution < 1.29 is 4.76 Å². The third-order valence-electron chi connectivity index (χ3n) is 1.25. The van der Waals surface area contributed by atoms with Gasteiger partial charge in [0.15, 0.2) is 6.54 Å². The zero-order valence-corrected chi connectivity index (χ0v) is 4.13. The Balaban J connectivity index is 2.48. The first-order chi connectivity index (χ1) is 3.30. The summed E-state index contributed by atoms with van der Waals surface area (Å²) in [4.78, 5) is 10.4. The minimum atomic E-state index is -0.208. The minimum absolute atomic E-state index is 0.208. The molecule has 2 N–H and O–H groups in total. The molecule has 0 amide bonds. The van der Waals surface area contributed by atoms with E-state index in [-0.39, 0.29) is 6.17 Å². The molecule has 1 rings (SSSR count). The van der Waals surface area contributed by atoms with Crippen LogP contribution in [0, 0.1) is 4.91 Å². The molecule has 0 aromatic carbocycles. The molecule has 0 radical (unpaired) electrons. The molecule has 1 heterocycles. The Morgan fingerprint density at radius 2 is 2.43 bits per heavy atom. The summed E-state index contributed by atoms with van der Waals surface area (Å²) in [5.74, 6) is 0. The topological polar surface area (TPSA) is 46.1 Å². The van der Waals surface area contributed by atoms with Crippen LogP contribution in [-0.4, -0.2) is 17.5 Å². The van der Waals surface area contributed by atoms with Crippen molar-refractivity contribution in [2.75, 3.05) is 6.54 Å². The Bertz CT molecular complexity index is 91.7. The van der Waals surface area contributed by atoms with Gasteiger partial charge in [0.25, 0.3) is 6.17 Å². The van der Waals surface area contributed by atoms with Crippen molar-refractivity contribution in [2.24, 2.45) is 5.73 Å². The van der Waals surface area contributed by atoms with Crippen molar-refractivity contribution in [2.45, 2.75) is 19.0 Å². The molecule has 0 bridgehead atoms. The molecule has 40 valence electrons. The van der Waals surface area contributed by atoms with E-state index in [0.717, 1.165) is 17.6 Å². The van der Waals surface area contributed by atoms with Crippen LogP contribution in [0.2, 0.25) is 0 Å². The summed E-state index contributed by atoms with van der Waals surface area (Å²) in [6, 6.07) is 0. The smallest absolute Gasteiger partial charge is 0.252 e. The van der Waals surface area contributed by atoms with Gasteiger partial charge in [-0.1, -0.05) is 0 Å². The molecular formula is C4H9N2O+. The molecule has 3 nitrogen and oxygen atoms in total. The van der Waals surface area contributed by atoms with Gasteiger partial charge in [0, 0.05) is 22.5 Å². The predicted octanol–water partition coefficient (Wildman–Crippen LogP) is -0.156. The second-order valence-electron chi connectivity index (χ2n) is 1.85. The lowest BCUT2D eigenvalue weighted by molar-refractivity contribution is -0.563. The van der Waals surface area contributed by atoms with Gasteiger partial charge in [0.2, 0.25) is 0 Å². The van der Waals surface area contributed by atoms with Crippen LogP contribution in [0.5, 0.6) is 0 Å². The van der Waals surface area contributed by atoms with Crippen molar-refractivity contribution in [3.63, 3.8) is 0 Å². The number of nitrogens with zero attached hydrogens (tertiary/aromatic N) is 1. The van der Waals surface area contributed by atoms with E-state index >= 15 is 0 Å². The Morgan fingerprint density at radius 3 is 2.57 bits per heavy atom. The van der Waals surface area contributed by atoms with Gasteiger partial charge in [-0.3, -0.25) is 5.73 Å². The molecule has 3 heteroatoms. The van der Waals surface area contributed by atoms with E-state index in [0.29, 0.717) is 6.54 Å². The Kier molecular flexibility index (Phi) is 1.06. The maximum absolute atomic E-state index is 10.4. The average molecular weight is 101 g/mol. The molecule has 1 unspecified atom stereocenters. The molecule has 1 saturated heterocycles. The first-order valence-electron chi connectivity index (χ1n) is 2.50. The molecule has 0 aliphatic carbocycles. The Morgan fingerprint density at radius 1 is 1.71 bits per heavy atom. The normalized spacial score (nSPS) is 31.6. The first-order valence-corrected chi connectivity index (χ1v) is 2.50. The van der Waals surface area contributed by atoms with Crippen molar-refractivity contribution >= 4 is 0 Å². The maximum Gasteiger partial charge on any atom is 0.252 e. The van der Waals surface area contributed by atoms with E-state index in [9.17, 15) is 4.91 Å². The summed E-state index contributed by atoms with van der Waals surface area (Å²) in [7, 11) is 0. The van der Waals surface area contributed by atoms with E-state index in [2.05, 4.69) is 0 Å². The lowest BCUT2D eigenvalue weighted by Gasteiger charge is -1.84. The van der Waals surface area contributed by atoms with Crippen LogP contribution in [0.3, 0.4) is 0 Å². The highest BCUT2D eigenvalue weighted by Crippen LogP contribution is 2.04. The number of rotatable bonds is 0. The van der Waals surface area contributed by atoms with Gasteiger partial charge in [-0.15, -0.1) is 0 Å². The molecule has 7 heavy (non-hydrogen) atoms. The number of nitroso groups, excluding NO2 is 1. The van der Waals surface area contributed by atoms with Gasteiger partial charge in [-0.05, 0) is 0 Å². The van der Waals surface area contributed by atoms with E-state index in [1.807, 2.05) is 0 Å². The van der Waals surface area contributed by atoms with Crippen LogP contribution in [0.1, 0.15) is 12.8 Å². The highest BCUT2D eigenvalue weighted by atomic mass is 16.3. The summed E-state index contributed by atoms with van der Waals surface area (Å²) in [6.07, 6.45) is 1.62. The average Bonchev–Trinajstić information content (AvgIpc) is 1.91. The Hall–Kier alpha value is -0.440. The number of hydrogen-bond donors (Lipinski definition) is 1. The molecule has 1 aliphatic rings. The third-order valence-corrected chi connectivity index (χ3v) is 1.25. The van der Waals surface area contributed by atoms with Crippen molar-refractivity contribution in [3.8, 4) is 0 Å². The van der Waals surface area contributed by atoms with Crippen LogP contribution in [-0.2, 0) is 0 Å². The van der Waals surface area contributed by atoms with Gasteiger partial charge in [0.05, 0.1) is 0 Å². The van der Waals surface area contributed by atoms with Crippen LogP contribution in [0.15, 0.2) is 0 Å². The highest BCUT2D eigenvalue weighted by Gasteiger charge is 2.26. The highest BCUT2D eigenvalue weighted by molar-refractivity contribution is 4.52. The fraction of sp³-hybridized carbons (Fsp3) is 1.00. The van der Waals surface area contributed by atoms with Crippen LogP contribution in [0.25, 0.3) is 0 Å². The molecule has 1 fully saturated rings. The molecule has 0 aromatic rings. The van der Waals surface area contributed by atoms with E-state index in [1.54, 1.807) is 0 Å². The van der Waals surface area contributed by atoms with Gasteiger partial charge in [-0.25, -0.2) is 0 Å². The number of hydrogen-bond acceptors (Lipinski definition) is 2. The van der Waals surface area contributed by atoms with Gasteiger partial charge in [-0.2, -0.15) is 0 Å². The molecule has 0 spiro atoms. The summed E-state index contributed by atoms with van der Waals surface area (Å²) in [6.45, 7) is 0.626. The largest absolute Gasteiger partial charge is 0.270 e. The van der Waals surface area contributed by atoms with Crippen molar-refractivity contribution in [1.82, 2.24) is 0 Å². The van der Waals surface area contributed by atoms with E-state index in [4.69, 9.17) is 5.73 Å². The second kappa shape index (κ2) is 1.58.